The van der Waals surface area contributed by atoms with Crippen LogP contribution in [0.1, 0.15) is 27.0 Å². The van der Waals surface area contributed by atoms with Gasteiger partial charge in [-0.15, -0.1) is 0 Å². The third kappa shape index (κ3) is 2.74. The van der Waals surface area contributed by atoms with Crippen LogP contribution in [0.2, 0.25) is 0 Å². The summed E-state index contributed by atoms with van der Waals surface area (Å²) >= 11 is 0. The second kappa shape index (κ2) is 5.25. The molecule has 0 saturated carbocycles. The lowest BCUT2D eigenvalue weighted by molar-refractivity contribution is 0.102. The fourth-order valence-corrected chi connectivity index (χ4v) is 2.21. The van der Waals surface area contributed by atoms with E-state index in [1.165, 1.54) is 6.07 Å². The second-order valence-electron chi connectivity index (χ2n) is 5.00. The smallest absolute Gasteiger partial charge is 0.259 e. The third-order valence-corrected chi connectivity index (χ3v) is 3.19. The number of carbonyl (C=O) groups is 1. The van der Waals surface area contributed by atoms with Gasteiger partial charge in [0, 0.05) is 11.4 Å². The van der Waals surface area contributed by atoms with Crippen LogP contribution < -0.4 is 11.1 Å². The Hall–Kier alpha value is -2.49. The van der Waals surface area contributed by atoms with Gasteiger partial charge in [0.2, 0.25) is 0 Å². The topological polar surface area (TPSA) is 75.3 Å². The molecule has 0 aliphatic heterocycles. The van der Waals surface area contributed by atoms with E-state index in [0.717, 1.165) is 22.4 Å². The Morgan fingerprint density at radius 1 is 1.10 bits per heavy atom. The lowest BCUT2D eigenvalue weighted by Crippen LogP contribution is -2.14. The maximum absolute atomic E-state index is 12.3. The number of carbonyl (C=O) groups excluding carboxylic acids is 1. The maximum atomic E-state index is 12.3. The van der Waals surface area contributed by atoms with E-state index in [4.69, 9.17) is 5.73 Å². The van der Waals surface area contributed by atoms with Gasteiger partial charge in [-0.05, 0) is 56.2 Å². The van der Waals surface area contributed by atoms with E-state index in [0.29, 0.717) is 5.69 Å². The summed E-state index contributed by atoms with van der Waals surface area (Å²) in [4.78, 5) is 12.3. The van der Waals surface area contributed by atoms with E-state index < -0.39 is 0 Å². The molecule has 2 aromatic rings. The summed E-state index contributed by atoms with van der Waals surface area (Å²) in [5.41, 5.74) is 10.1. The number of phenolic OH excluding ortho intramolecular Hbond substituents is 1. The molecule has 4 heteroatoms. The number of rotatable bonds is 2. The first-order chi connectivity index (χ1) is 9.38. The molecule has 0 heterocycles. The Kier molecular flexibility index (Phi) is 3.66. The van der Waals surface area contributed by atoms with E-state index >= 15 is 0 Å². The Labute approximate surface area is 118 Å². The minimum atomic E-state index is -0.331. The van der Waals surface area contributed by atoms with E-state index in [2.05, 4.69) is 5.32 Å². The molecule has 0 bridgehead atoms. The van der Waals surface area contributed by atoms with Crippen molar-refractivity contribution in [2.75, 3.05) is 11.1 Å². The van der Waals surface area contributed by atoms with E-state index in [-0.39, 0.29) is 17.2 Å². The standard InChI is InChI=1S/C16H18N2O2/c1-9-4-5-14(19)13(6-9)16(20)18-15-10(2)7-12(17)8-11(15)3/h4-8,19H,17H2,1-3H3,(H,18,20). The van der Waals surface area contributed by atoms with E-state index in [1.807, 2.05) is 20.8 Å². The zero-order valence-corrected chi connectivity index (χ0v) is 11.8. The molecule has 0 unspecified atom stereocenters. The molecule has 0 saturated heterocycles. The van der Waals surface area contributed by atoms with Crippen molar-refractivity contribution in [3.8, 4) is 5.75 Å². The zero-order valence-electron chi connectivity index (χ0n) is 11.8. The highest BCUT2D eigenvalue weighted by atomic mass is 16.3. The fourth-order valence-electron chi connectivity index (χ4n) is 2.21. The lowest BCUT2D eigenvalue weighted by Gasteiger charge is -2.13. The van der Waals surface area contributed by atoms with Gasteiger partial charge in [-0.25, -0.2) is 0 Å². The van der Waals surface area contributed by atoms with Crippen LogP contribution in [0.15, 0.2) is 30.3 Å². The molecule has 20 heavy (non-hydrogen) atoms. The summed E-state index contributed by atoms with van der Waals surface area (Å²) in [5.74, 6) is -0.360. The first-order valence-corrected chi connectivity index (χ1v) is 6.36. The van der Waals surface area contributed by atoms with Crippen molar-refractivity contribution in [3.63, 3.8) is 0 Å². The highest BCUT2D eigenvalue weighted by Crippen LogP contribution is 2.25. The number of nitrogens with two attached hydrogens (primary N) is 1. The number of phenols is 1. The van der Waals surface area contributed by atoms with Gasteiger partial charge in [0.25, 0.3) is 5.91 Å². The van der Waals surface area contributed by atoms with Crippen LogP contribution in [-0.4, -0.2) is 11.0 Å². The Bertz CT molecular complexity index is 655. The maximum Gasteiger partial charge on any atom is 0.259 e. The summed E-state index contributed by atoms with van der Waals surface area (Å²) in [6.07, 6.45) is 0. The number of nitrogen functional groups attached to an aromatic ring is 1. The zero-order chi connectivity index (χ0) is 14.9. The number of hydrogen-bond donors (Lipinski definition) is 3. The molecule has 104 valence electrons. The van der Waals surface area contributed by atoms with Crippen LogP contribution in [0.25, 0.3) is 0 Å². The Morgan fingerprint density at radius 3 is 2.30 bits per heavy atom. The summed E-state index contributed by atoms with van der Waals surface area (Å²) in [6, 6.07) is 8.54. The average Bonchev–Trinajstić information content (AvgIpc) is 2.36. The van der Waals surface area contributed by atoms with Gasteiger partial charge < -0.3 is 16.2 Å². The number of nitrogens with one attached hydrogen (secondary N) is 1. The van der Waals surface area contributed by atoms with Gasteiger partial charge in [0.15, 0.2) is 0 Å². The fraction of sp³-hybridized carbons (Fsp3) is 0.188. The molecule has 0 spiro atoms. The minimum absolute atomic E-state index is 0.0288. The van der Waals surface area contributed by atoms with Crippen LogP contribution >= 0.6 is 0 Å². The molecule has 4 N–H and O–H groups in total. The van der Waals surface area contributed by atoms with Crippen LogP contribution in [-0.2, 0) is 0 Å². The average molecular weight is 270 g/mol. The molecule has 1 amide bonds. The Balaban J connectivity index is 2.35. The SMILES string of the molecule is Cc1ccc(O)c(C(=O)Nc2c(C)cc(N)cc2C)c1. The van der Waals surface area contributed by atoms with Crippen molar-refractivity contribution in [2.45, 2.75) is 20.8 Å². The molecule has 2 rings (SSSR count). The summed E-state index contributed by atoms with van der Waals surface area (Å²) in [5, 5.41) is 12.6. The molecule has 4 nitrogen and oxygen atoms in total. The van der Waals surface area contributed by atoms with Crippen LogP contribution in [0.3, 0.4) is 0 Å². The number of aromatic hydroxyl groups is 1. The molecule has 2 aromatic carbocycles. The third-order valence-electron chi connectivity index (χ3n) is 3.19. The molecule has 0 aromatic heterocycles. The van der Waals surface area contributed by atoms with Crippen molar-refractivity contribution in [2.24, 2.45) is 0 Å². The highest BCUT2D eigenvalue weighted by Gasteiger charge is 2.14. The molecule has 0 atom stereocenters. The number of amides is 1. The molecular weight excluding hydrogens is 252 g/mol. The number of benzene rings is 2. The van der Waals surface area contributed by atoms with Gasteiger partial charge in [0.05, 0.1) is 5.56 Å². The van der Waals surface area contributed by atoms with Gasteiger partial charge in [-0.3, -0.25) is 4.79 Å². The van der Waals surface area contributed by atoms with Crippen molar-refractivity contribution >= 4 is 17.3 Å². The first-order valence-electron chi connectivity index (χ1n) is 6.36. The van der Waals surface area contributed by atoms with E-state index in [9.17, 15) is 9.90 Å². The highest BCUT2D eigenvalue weighted by molar-refractivity contribution is 6.07. The largest absolute Gasteiger partial charge is 0.507 e. The predicted octanol–water partition coefficient (Wildman–Crippen LogP) is 3.15. The normalized spacial score (nSPS) is 10.3. The molecule has 0 aliphatic rings. The molecular formula is C16H18N2O2. The van der Waals surface area contributed by atoms with Crippen molar-refractivity contribution in [1.82, 2.24) is 0 Å². The van der Waals surface area contributed by atoms with Gasteiger partial charge in [-0.2, -0.15) is 0 Å². The summed E-state index contributed by atoms with van der Waals surface area (Å²) in [7, 11) is 0. The predicted molar refractivity (Wildman–Crippen MR) is 81.1 cm³/mol. The lowest BCUT2D eigenvalue weighted by atomic mass is 10.1. The monoisotopic (exact) mass is 270 g/mol. The van der Waals surface area contributed by atoms with Crippen molar-refractivity contribution in [1.29, 1.82) is 0 Å². The first kappa shape index (κ1) is 13.9. The summed E-state index contributed by atoms with van der Waals surface area (Å²) in [6.45, 7) is 5.64. The molecule has 0 aliphatic carbocycles. The van der Waals surface area contributed by atoms with Crippen LogP contribution in [0.5, 0.6) is 5.75 Å². The van der Waals surface area contributed by atoms with Gasteiger partial charge in [-0.1, -0.05) is 11.6 Å². The Morgan fingerprint density at radius 2 is 1.70 bits per heavy atom. The minimum Gasteiger partial charge on any atom is -0.507 e. The summed E-state index contributed by atoms with van der Waals surface area (Å²) < 4.78 is 0. The van der Waals surface area contributed by atoms with Crippen molar-refractivity contribution < 1.29 is 9.90 Å². The molecule has 0 radical (unpaired) electrons. The van der Waals surface area contributed by atoms with Gasteiger partial charge >= 0.3 is 0 Å². The number of hydrogen-bond acceptors (Lipinski definition) is 3. The second-order valence-corrected chi connectivity index (χ2v) is 5.00. The number of anilines is 2. The van der Waals surface area contributed by atoms with Gasteiger partial charge in [0.1, 0.15) is 5.75 Å². The quantitative estimate of drug-likeness (QED) is 0.734. The van der Waals surface area contributed by atoms with Crippen molar-refractivity contribution in [3.05, 3.63) is 52.6 Å². The van der Waals surface area contributed by atoms with E-state index in [1.54, 1.807) is 24.3 Å². The van der Waals surface area contributed by atoms with Crippen LogP contribution in [0, 0.1) is 20.8 Å². The number of aryl methyl sites for hydroxylation is 3. The van der Waals surface area contributed by atoms with Crippen LogP contribution in [0.4, 0.5) is 11.4 Å². The molecule has 0 fully saturated rings.